The number of piperidine rings is 1. The molecule has 9 nitrogen and oxygen atoms in total. The van der Waals surface area contributed by atoms with Gasteiger partial charge in [0.1, 0.15) is 12.1 Å². The van der Waals surface area contributed by atoms with Crippen molar-refractivity contribution in [2.75, 3.05) is 20.7 Å². The van der Waals surface area contributed by atoms with Gasteiger partial charge in [0, 0.05) is 24.8 Å². The molecule has 0 aromatic heterocycles. The van der Waals surface area contributed by atoms with Crippen molar-refractivity contribution in [3.63, 3.8) is 0 Å². The Morgan fingerprint density at radius 1 is 1.42 bits per heavy atom. The van der Waals surface area contributed by atoms with E-state index >= 15 is 0 Å². The Morgan fingerprint density at radius 2 is 2.19 bits per heavy atom. The van der Waals surface area contributed by atoms with E-state index in [9.17, 15) is 19.8 Å². The zero-order valence-corrected chi connectivity index (χ0v) is 17.8. The number of nitrogens with one attached hydrogen (secondary N) is 1. The summed E-state index contributed by atoms with van der Waals surface area (Å²) in [4.78, 5) is 25.6. The molecule has 5 rings (SSSR count). The first-order valence-corrected chi connectivity index (χ1v) is 10.8. The molecule has 2 unspecified atom stereocenters. The summed E-state index contributed by atoms with van der Waals surface area (Å²) >= 11 is 0. The number of ether oxygens (including phenoxy) is 2. The van der Waals surface area contributed by atoms with Crippen molar-refractivity contribution in [2.24, 2.45) is 5.73 Å². The number of primary amides is 1. The summed E-state index contributed by atoms with van der Waals surface area (Å²) in [5, 5.41) is 23.4. The van der Waals surface area contributed by atoms with Crippen molar-refractivity contribution in [1.29, 1.82) is 0 Å². The second-order valence-corrected chi connectivity index (χ2v) is 9.37. The van der Waals surface area contributed by atoms with Gasteiger partial charge < -0.3 is 30.3 Å². The van der Waals surface area contributed by atoms with Gasteiger partial charge in [-0.15, -0.1) is 0 Å². The van der Waals surface area contributed by atoms with Gasteiger partial charge in [0.05, 0.1) is 17.4 Å². The summed E-state index contributed by atoms with van der Waals surface area (Å²) < 4.78 is 12.8. The molecular weight excluding hydrogens is 402 g/mol. The van der Waals surface area contributed by atoms with Gasteiger partial charge in [-0.1, -0.05) is 6.07 Å². The van der Waals surface area contributed by atoms with E-state index in [0.29, 0.717) is 18.6 Å². The topological polar surface area (TPSA) is 134 Å². The number of likely N-dealkylation sites (N-methyl/N-ethyl adjacent to an activating group) is 1. The third-order valence-electron chi connectivity index (χ3n) is 8.17. The van der Waals surface area contributed by atoms with E-state index in [0.717, 1.165) is 30.5 Å². The van der Waals surface area contributed by atoms with Crippen LogP contribution in [0, 0.1) is 0 Å². The minimum absolute atomic E-state index is 0.0931. The number of aliphatic carboxylic acids is 1. The normalized spacial score (nSPS) is 36.4. The number of hydrogen-bond acceptors (Lipinski definition) is 7. The number of carbonyl (C=O) groups excluding carboxylic acids is 1. The van der Waals surface area contributed by atoms with Gasteiger partial charge in [0.2, 0.25) is 5.91 Å². The molecule has 2 fully saturated rings. The fourth-order valence-electron chi connectivity index (χ4n) is 6.99. The summed E-state index contributed by atoms with van der Waals surface area (Å²) in [7, 11) is 3.87. The second-order valence-electron chi connectivity index (χ2n) is 9.37. The Labute approximate surface area is 180 Å². The number of rotatable bonds is 6. The SMILES string of the molecule is CO[C@@]12CC[C@@H](N[C@@H](CC(N)=O)C(=O)O)[C@@H]3Oc4c(O)ccc5c4C31CCN(C)C2C5. The number of hydrogen-bond donors (Lipinski definition) is 4. The van der Waals surface area contributed by atoms with Crippen LogP contribution in [-0.4, -0.2) is 77.5 Å². The lowest BCUT2D eigenvalue weighted by Gasteiger charge is -2.65. The van der Waals surface area contributed by atoms with Crippen molar-refractivity contribution >= 4 is 11.9 Å². The summed E-state index contributed by atoms with van der Waals surface area (Å²) in [6.07, 6.45) is 2.20. The highest BCUT2D eigenvalue weighted by Crippen LogP contribution is 2.66. The average Bonchev–Trinajstić information content (AvgIpc) is 3.08. The molecule has 2 bridgehead atoms. The number of amides is 1. The molecule has 1 saturated heterocycles. The van der Waals surface area contributed by atoms with Crippen LogP contribution in [0.25, 0.3) is 0 Å². The molecule has 1 spiro atoms. The molecule has 1 aromatic rings. The zero-order chi connectivity index (χ0) is 22.1. The van der Waals surface area contributed by atoms with Crippen LogP contribution in [0.5, 0.6) is 11.5 Å². The van der Waals surface area contributed by atoms with Crippen LogP contribution in [0.2, 0.25) is 0 Å². The lowest BCUT2D eigenvalue weighted by Crippen LogP contribution is -2.78. The van der Waals surface area contributed by atoms with E-state index < -0.39 is 35.0 Å². The highest BCUT2D eigenvalue weighted by Gasteiger charge is 2.73. The Hall–Kier alpha value is -2.36. The lowest BCUT2D eigenvalue weighted by atomic mass is 9.48. The van der Waals surface area contributed by atoms with Gasteiger partial charge in [-0.2, -0.15) is 0 Å². The first kappa shape index (κ1) is 20.5. The fourth-order valence-corrected chi connectivity index (χ4v) is 6.99. The zero-order valence-electron chi connectivity index (χ0n) is 17.8. The number of methoxy groups -OCH3 is 1. The first-order valence-electron chi connectivity index (χ1n) is 10.8. The third-order valence-corrected chi connectivity index (χ3v) is 8.17. The van der Waals surface area contributed by atoms with Crippen LogP contribution >= 0.6 is 0 Å². The van der Waals surface area contributed by atoms with Gasteiger partial charge >= 0.3 is 5.97 Å². The van der Waals surface area contributed by atoms with Gasteiger partial charge in [-0.3, -0.25) is 14.9 Å². The predicted molar refractivity (Wildman–Crippen MR) is 110 cm³/mol. The molecule has 31 heavy (non-hydrogen) atoms. The molecule has 2 aliphatic heterocycles. The monoisotopic (exact) mass is 431 g/mol. The Kier molecular flexibility index (Phi) is 4.52. The highest BCUT2D eigenvalue weighted by molar-refractivity contribution is 5.83. The molecule has 4 aliphatic rings. The number of phenols is 1. The van der Waals surface area contributed by atoms with E-state index in [1.807, 2.05) is 6.07 Å². The first-order chi connectivity index (χ1) is 14.7. The molecule has 6 atom stereocenters. The summed E-state index contributed by atoms with van der Waals surface area (Å²) in [5.74, 6) is -1.21. The molecule has 1 aromatic carbocycles. The smallest absolute Gasteiger partial charge is 0.321 e. The molecule has 5 N–H and O–H groups in total. The fraction of sp³-hybridized carbons (Fsp3) is 0.636. The number of benzene rings is 1. The molecule has 2 heterocycles. The predicted octanol–water partition coefficient (Wildman–Crippen LogP) is 0.117. The number of phenolic OH excluding ortho intramolecular Hbond substituents is 1. The molecule has 1 amide bonds. The number of nitrogens with two attached hydrogens (primary N) is 1. The van der Waals surface area contributed by atoms with Gasteiger partial charge in [-0.05, 0) is 50.9 Å². The van der Waals surface area contributed by atoms with E-state index in [4.69, 9.17) is 15.2 Å². The number of carbonyl (C=O) groups is 2. The maximum Gasteiger partial charge on any atom is 0.321 e. The maximum atomic E-state index is 11.8. The second kappa shape index (κ2) is 6.82. The largest absolute Gasteiger partial charge is 0.504 e. The molecule has 9 heteroatoms. The van der Waals surface area contributed by atoms with Crippen LogP contribution in [-0.2, 0) is 26.2 Å². The Morgan fingerprint density at radius 3 is 2.87 bits per heavy atom. The maximum absolute atomic E-state index is 11.8. The van der Waals surface area contributed by atoms with Crippen molar-refractivity contribution in [3.8, 4) is 11.5 Å². The van der Waals surface area contributed by atoms with Crippen LogP contribution in [0.4, 0.5) is 0 Å². The van der Waals surface area contributed by atoms with Gasteiger partial charge in [0.15, 0.2) is 11.5 Å². The summed E-state index contributed by atoms with van der Waals surface area (Å²) in [6, 6.07) is 2.37. The number of nitrogens with zero attached hydrogens (tertiary/aromatic N) is 1. The van der Waals surface area contributed by atoms with Gasteiger partial charge in [-0.25, -0.2) is 0 Å². The molecule has 0 radical (unpaired) electrons. The van der Waals surface area contributed by atoms with Crippen LogP contribution in [0.1, 0.15) is 36.8 Å². The Bertz CT molecular complexity index is 953. The van der Waals surface area contributed by atoms with E-state index in [1.54, 1.807) is 13.2 Å². The van der Waals surface area contributed by atoms with E-state index in [1.165, 1.54) is 0 Å². The lowest BCUT2D eigenvalue weighted by molar-refractivity contribution is -0.204. The third kappa shape index (κ3) is 2.54. The van der Waals surface area contributed by atoms with Crippen LogP contribution < -0.4 is 15.8 Å². The average molecular weight is 431 g/mol. The number of likely N-dealkylation sites (tertiary alicyclic amines) is 1. The van der Waals surface area contributed by atoms with E-state index in [2.05, 4.69) is 17.3 Å². The number of carboxylic acid groups (broad SMARTS) is 1. The van der Waals surface area contributed by atoms with Crippen molar-refractivity contribution < 1.29 is 29.3 Å². The molecule has 2 aliphatic carbocycles. The van der Waals surface area contributed by atoms with Crippen LogP contribution in [0.15, 0.2) is 12.1 Å². The molecule has 168 valence electrons. The summed E-state index contributed by atoms with van der Waals surface area (Å²) in [5.41, 5.74) is 6.43. The number of carboxylic acids is 1. The highest BCUT2D eigenvalue weighted by atomic mass is 16.5. The minimum atomic E-state index is -1.12. The van der Waals surface area contributed by atoms with Crippen molar-refractivity contribution in [1.82, 2.24) is 10.2 Å². The Balaban J connectivity index is 1.63. The molecular formula is C22H29N3O6. The number of aromatic hydroxyl groups is 1. The van der Waals surface area contributed by atoms with Crippen molar-refractivity contribution in [3.05, 3.63) is 23.3 Å². The minimum Gasteiger partial charge on any atom is -0.504 e. The van der Waals surface area contributed by atoms with Crippen LogP contribution in [0.3, 0.4) is 0 Å². The van der Waals surface area contributed by atoms with Crippen molar-refractivity contribution in [2.45, 2.75) is 67.3 Å². The standard InChI is InChI=1S/C22H29N3O6/c1-25-8-7-21-17-11-3-4-14(26)18(17)31-19(21)12(24-13(20(28)29)10-16(23)27)5-6-22(21,30-2)15(25)9-11/h3-4,12-13,15,19,24,26H,5-10H2,1-2H3,(H2,23,27)(H,28,29)/t12-,13+,15?,19+,21?,22-/m1/s1. The summed E-state index contributed by atoms with van der Waals surface area (Å²) in [6.45, 7) is 0.848. The van der Waals surface area contributed by atoms with E-state index in [-0.39, 0.29) is 24.3 Å². The van der Waals surface area contributed by atoms with Gasteiger partial charge in [0.25, 0.3) is 0 Å². The quantitative estimate of drug-likeness (QED) is 0.499. The molecule has 1 saturated carbocycles.